The van der Waals surface area contributed by atoms with Crippen LogP contribution in [-0.2, 0) is 6.18 Å². The molecule has 2 aromatic rings. The van der Waals surface area contributed by atoms with Crippen LogP contribution in [0.2, 0.25) is 5.15 Å². The number of H-pyrrole nitrogens is 1. The molecule has 0 spiro atoms. The predicted molar refractivity (Wildman–Crippen MR) is 54.0 cm³/mol. The smallest absolute Gasteiger partial charge is 0.329 e. The molecule has 0 aliphatic heterocycles. The molecule has 0 bridgehead atoms. The highest BCUT2D eigenvalue weighted by Crippen LogP contribution is 2.30. The second-order valence-corrected chi connectivity index (χ2v) is 3.56. The number of hydrogen-bond donors (Lipinski definition) is 1. The van der Waals surface area contributed by atoms with E-state index in [1.54, 1.807) is 0 Å². The molecule has 16 heavy (non-hydrogen) atoms. The highest BCUT2D eigenvalue weighted by molar-refractivity contribution is 6.29. The van der Waals surface area contributed by atoms with Gasteiger partial charge in [0, 0.05) is 5.56 Å². The summed E-state index contributed by atoms with van der Waals surface area (Å²) >= 11 is 5.62. The molecule has 1 aromatic carbocycles. The number of imidazole rings is 1. The minimum Gasteiger partial charge on any atom is -0.329 e. The van der Waals surface area contributed by atoms with Gasteiger partial charge in [0.15, 0.2) is 0 Å². The summed E-state index contributed by atoms with van der Waals surface area (Å²) in [5.41, 5.74) is -0.131. The summed E-state index contributed by atoms with van der Waals surface area (Å²) in [6.45, 7) is 0. The van der Waals surface area contributed by atoms with Crippen molar-refractivity contribution in [2.24, 2.45) is 0 Å². The van der Waals surface area contributed by atoms with Gasteiger partial charge < -0.3 is 4.98 Å². The zero-order valence-corrected chi connectivity index (χ0v) is 8.60. The van der Waals surface area contributed by atoms with Crippen LogP contribution in [0.5, 0.6) is 0 Å². The van der Waals surface area contributed by atoms with Gasteiger partial charge in [0.05, 0.1) is 11.8 Å². The van der Waals surface area contributed by atoms with E-state index in [4.69, 9.17) is 11.6 Å². The molecule has 1 aromatic heterocycles. The molecule has 84 valence electrons. The molecular weight excluding hydrogens is 241 g/mol. The molecule has 6 heteroatoms. The Bertz CT molecular complexity index is 488. The summed E-state index contributed by atoms with van der Waals surface area (Å²) in [5.74, 6) is 0.443. The van der Waals surface area contributed by atoms with Crippen LogP contribution in [-0.4, -0.2) is 9.97 Å². The Morgan fingerprint density at radius 3 is 2.19 bits per heavy atom. The molecule has 0 saturated heterocycles. The molecule has 0 atom stereocenters. The normalized spacial score (nSPS) is 11.8. The zero-order chi connectivity index (χ0) is 11.8. The first-order chi connectivity index (χ1) is 7.47. The highest BCUT2D eigenvalue weighted by Gasteiger charge is 2.30. The SMILES string of the molecule is FC(F)(F)c1ccc(-c2ncc(Cl)[nH]2)cc1. The maximum atomic E-state index is 12.3. The molecule has 2 nitrogen and oxygen atoms in total. The molecule has 0 radical (unpaired) electrons. The molecule has 0 unspecified atom stereocenters. The molecule has 0 aliphatic carbocycles. The van der Waals surface area contributed by atoms with E-state index < -0.39 is 11.7 Å². The monoisotopic (exact) mass is 246 g/mol. The van der Waals surface area contributed by atoms with Crippen molar-refractivity contribution in [1.29, 1.82) is 0 Å². The molecule has 1 heterocycles. The number of aromatic amines is 1. The fraction of sp³-hybridized carbons (Fsp3) is 0.100. The van der Waals surface area contributed by atoms with E-state index in [0.717, 1.165) is 12.1 Å². The number of rotatable bonds is 1. The van der Waals surface area contributed by atoms with Crippen LogP contribution in [0.25, 0.3) is 11.4 Å². The number of nitrogens with one attached hydrogen (secondary N) is 1. The molecule has 1 N–H and O–H groups in total. The number of nitrogens with zero attached hydrogens (tertiary/aromatic N) is 1. The van der Waals surface area contributed by atoms with Crippen molar-refractivity contribution >= 4 is 11.6 Å². The van der Waals surface area contributed by atoms with Crippen molar-refractivity contribution in [2.45, 2.75) is 6.18 Å². The lowest BCUT2D eigenvalue weighted by atomic mass is 10.1. The van der Waals surface area contributed by atoms with Crippen LogP contribution in [0.4, 0.5) is 13.2 Å². The van der Waals surface area contributed by atoms with Crippen molar-refractivity contribution in [3.05, 3.63) is 41.2 Å². The van der Waals surface area contributed by atoms with Crippen LogP contribution >= 0.6 is 11.6 Å². The minimum absolute atomic E-state index is 0.342. The van der Waals surface area contributed by atoms with Crippen LogP contribution in [0.15, 0.2) is 30.5 Å². The van der Waals surface area contributed by atoms with Gasteiger partial charge in [0.25, 0.3) is 0 Å². The lowest BCUT2D eigenvalue weighted by Crippen LogP contribution is -2.04. The van der Waals surface area contributed by atoms with Gasteiger partial charge in [-0.2, -0.15) is 13.2 Å². The maximum Gasteiger partial charge on any atom is 0.416 e. The third-order valence-electron chi connectivity index (χ3n) is 2.03. The van der Waals surface area contributed by atoms with Gasteiger partial charge in [-0.3, -0.25) is 0 Å². The molecule has 0 fully saturated rings. The lowest BCUT2D eigenvalue weighted by molar-refractivity contribution is -0.137. The largest absolute Gasteiger partial charge is 0.416 e. The van der Waals surface area contributed by atoms with Gasteiger partial charge in [0.2, 0.25) is 0 Å². The van der Waals surface area contributed by atoms with Crippen molar-refractivity contribution in [3.63, 3.8) is 0 Å². The molecule has 0 amide bonds. The maximum absolute atomic E-state index is 12.3. The van der Waals surface area contributed by atoms with Crippen molar-refractivity contribution in [3.8, 4) is 11.4 Å². The zero-order valence-electron chi connectivity index (χ0n) is 7.85. The Balaban J connectivity index is 2.33. The fourth-order valence-electron chi connectivity index (χ4n) is 1.26. The van der Waals surface area contributed by atoms with Gasteiger partial charge in [0.1, 0.15) is 11.0 Å². The van der Waals surface area contributed by atoms with Crippen molar-refractivity contribution in [1.82, 2.24) is 9.97 Å². The van der Waals surface area contributed by atoms with E-state index in [9.17, 15) is 13.2 Å². The standard InChI is InChI=1S/C10H6ClF3N2/c11-8-5-15-9(16-8)6-1-3-7(4-2-6)10(12,13)14/h1-5H,(H,15,16). The number of aromatic nitrogens is 2. The van der Waals surface area contributed by atoms with Gasteiger partial charge in [-0.05, 0) is 12.1 Å². The summed E-state index contributed by atoms with van der Waals surface area (Å²) in [6, 6.07) is 4.70. The van der Waals surface area contributed by atoms with Gasteiger partial charge in [-0.15, -0.1) is 0 Å². The molecule has 0 saturated carbocycles. The second kappa shape index (κ2) is 3.83. The number of benzene rings is 1. The Labute approximate surface area is 94.1 Å². The summed E-state index contributed by atoms with van der Waals surface area (Å²) in [6.07, 6.45) is -2.92. The fourth-order valence-corrected chi connectivity index (χ4v) is 1.40. The summed E-state index contributed by atoms with van der Waals surface area (Å²) in [5, 5.41) is 0.342. The number of halogens is 4. The van der Waals surface area contributed by atoms with Crippen LogP contribution in [0, 0.1) is 0 Å². The first kappa shape index (κ1) is 11.0. The third kappa shape index (κ3) is 2.19. The van der Waals surface area contributed by atoms with E-state index in [2.05, 4.69) is 9.97 Å². The summed E-state index contributed by atoms with van der Waals surface area (Å²) in [4.78, 5) is 6.63. The Morgan fingerprint density at radius 1 is 1.12 bits per heavy atom. The number of hydrogen-bond acceptors (Lipinski definition) is 1. The third-order valence-corrected chi connectivity index (χ3v) is 2.22. The average Bonchev–Trinajstić information content (AvgIpc) is 2.64. The van der Waals surface area contributed by atoms with E-state index in [1.807, 2.05) is 0 Å². The van der Waals surface area contributed by atoms with Crippen LogP contribution in [0.3, 0.4) is 0 Å². The van der Waals surface area contributed by atoms with Gasteiger partial charge >= 0.3 is 6.18 Å². The average molecular weight is 247 g/mol. The van der Waals surface area contributed by atoms with E-state index in [-0.39, 0.29) is 0 Å². The molecule has 2 rings (SSSR count). The van der Waals surface area contributed by atoms with E-state index in [1.165, 1.54) is 18.3 Å². The van der Waals surface area contributed by atoms with E-state index in [0.29, 0.717) is 16.5 Å². The first-order valence-electron chi connectivity index (χ1n) is 4.35. The van der Waals surface area contributed by atoms with Crippen molar-refractivity contribution in [2.75, 3.05) is 0 Å². The lowest BCUT2D eigenvalue weighted by Gasteiger charge is -2.06. The second-order valence-electron chi connectivity index (χ2n) is 3.15. The first-order valence-corrected chi connectivity index (χ1v) is 4.73. The predicted octanol–water partition coefficient (Wildman–Crippen LogP) is 3.75. The van der Waals surface area contributed by atoms with Crippen molar-refractivity contribution < 1.29 is 13.2 Å². The molecule has 0 aliphatic rings. The Hall–Kier alpha value is -1.49. The van der Waals surface area contributed by atoms with E-state index >= 15 is 0 Å². The quantitative estimate of drug-likeness (QED) is 0.816. The van der Waals surface area contributed by atoms with Crippen LogP contribution < -0.4 is 0 Å². The topological polar surface area (TPSA) is 28.7 Å². The van der Waals surface area contributed by atoms with Gasteiger partial charge in [-0.1, -0.05) is 23.7 Å². The highest BCUT2D eigenvalue weighted by atomic mass is 35.5. The number of alkyl halides is 3. The molecular formula is C10H6ClF3N2. The Morgan fingerprint density at radius 2 is 1.75 bits per heavy atom. The minimum atomic E-state index is -4.32. The van der Waals surface area contributed by atoms with Gasteiger partial charge in [-0.25, -0.2) is 4.98 Å². The Kier molecular flexibility index (Phi) is 2.63. The summed E-state index contributed by atoms with van der Waals surface area (Å²) < 4.78 is 36.8. The summed E-state index contributed by atoms with van der Waals surface area (Å²) in [7, 11) is 0. The van der Waals surface area contributed by atoms with Crippen LogP contribution in [0.1, 0.15) is 5.56 Å².